The van der Waals surface area contributed by atoms with Crippen LogP contribution in [0.3, 0.4) is 0 Å². The topological polar surface area (TPSA) is 0 Å². The lowest BCUT2D eigenvalue weighted by Gasteiger charge is -2.12. The van der Waals surface area contributed by atoms with E-state index in [0.717, 1.165) is 6.42 Å². The van der Waals surface area contributed by atoms with Crippen LogP contribution in [0.2, 0.25) is 0 Å². The van der Waals surface area contributed by atoms with Gasteiger partial charge in [-0.2, -0.15) is 0 Å². The van der Waals surface area contributed by atoms with Gasteiger partial charge in [0.2, 0.25) is 0 Å². The van der Waals surface area contributed by atoms with Gasteiger partial charge >= 0.3 is 0 Å². The largest absolute Gasteiger partial charge is 0.103 e. The molecule has 58 valence electrons. The van der Waals surface area contributed by atoms with Crippen LogP contribution in [0.5, 0.6) is 0 Å². The summed E-state index contributed by atoms with van der Waals surface area (Å²) in [6.07, 6.45) is 5.56. The summed E-state index contributed by atoms with van der Waals surface area (Å²) in [7, 11) is 0. The molecule has 0 aliphatic rings. The van der Waals surface area contributed by atoms with E-state index >= 15 is 0 Å². The van der Waals surface area contributed by atoms with Crippen LogP contribution in [0, 0.1) is 5.92 Å². The first-order valence-electron chi connectivity index (χ1n) is 3.98. The number of hydrogen-bond acceptors (Lipinski definition) is 0. The molecule has 0 aromatic carbocycles. The van der Waals surface area contributed by atoms with E-state index in [4.69, 9.17) is 0 Å². The number of rotatable bonds is 5. The highest BCUT2D eigenvalue weighted by Crippen LogP contribution is 2.18. The van der Waals surface area contributed by atoms with E-state index in [1.54, 1.807) is 0 Å². The van der Waals surface area contributed by atoms with Crippen molar-refractivity contribution in [3.63, 3.8) is 0 Å². The molecule has 0 rings (SSSR count). The summed E-state index contributed by atoms with van der Waals surface area (Å²) in [6, 6.07) is 0. The molecule has 0 bridgehead atoms. The third-order valence-electron chi connectivity index (χ3n) is 1.79. The highest BCUT2D eigenvalue weighted by Gasteiger charge is 2.04. The van der Waals surface area contributed by atoms with Crippen molar-refractivity contribution >= 4 is 0 Å². The van der Waals surface area contributed by atoms with E-state index < -0.39 is 0 Å². The second-order valence-electron chi connectivity index (χ2n) is 2.86. The molecule has 0 nitrogen and oxygen atoms in total. The molecule has 0 aromatic rings. The summed E-state index contributed by atoms with van der Waals surface area (Å²) in [6.45, 7) is 12.0. The highest BCUT2D eigenvalue weighted by molar-refractivity contribution is 4.98. The molecule has 0 spiro atoms. The van der Waals surface area contributed by atoms with E-state index in [0.29, 0.717) is 5.92 Å². The summed E-state index contributed by atoms with van der Waals surface area (Å²) in [5.41, 5.74) is 1.29. The molecule has 10 heavy (non-hydrogen) atoms. The van der Waals surface area contributed by atoms with Crippen LogP contribution >= 0.6 is 0 Å². The molecule has 1 unspecified atom stereocenters. The SMILES string of the molecule is C=CCC(CCC)C(=C)C. The van der Waals surface area contributed by atoms with Crippen molar-refractivity contribution in [2.45, 2.75) is 33.1 Å². The standard InChI is InChI=1S/C10H18/c1-5-7-10(8-6-2)9(3)4/h5,10H,1,3,6-8H2,2,4H3. The van der Waals surface area contributed by atoms with Crippen LogP contribution in [0.1, 0.15) is 33.1 Å². The maximum Gasteiger partial charge on any atom is -0.0174 e. The Bertz CT molecular complexity index is 111. The van der Waals surface area contributed by atoms with Gasteiger partial charge in [0, 0.05) is 0 Å². The third kappa shape index (κ3) is 3.49. The van der Waals surface area contributed by atoms with Crippen molar-refractivity contribution in [3.8, 4) is 0 Å². The summed E-state index contributed by atoms with van der Waals surface area (Å²) >= 11 is 0. The van der Waals surface area contributed by atoms with Crippen molar-refractivity contribution in [3.05, 3.63) is 24.8 Å². The zero-order valence-corrected chi connectivity index (χ0v) is 7.19. The van der Waals surface area contributed by atoms with Crippen molar-refractivity contribution in [1.82, 2.24) is 0 Å². The van der Waals surface area contributed by atoms with Gasteiger partial charge in [0.1, 0.15) is 0 Å². The van der Waals surface area contributed by atoms with Gasteiger partial charge in [-0.3, -0.25) is 0 Å². The fourth-order valence-electron chi connectivity index (χ4n) is 1.12. The van der Waals surface area contributed by atoms with Gasteiger partial charge in [-0.1, -0.05) is 31.6 Å². The molecular weight excluding hydrogens is 120 g/mol. The lowest BCUT2D eigenvalue weighted by Crippen LogP contribution is -1.98. The zero-order valence-electron chi connectivity index (χ0n) is 7.19. The first-order valence-corrected chi connectivity index (χ1v) is 3.98. The second-order valence-corrected chi connectivity index (χ2v) is 2.86. The summed E-state index contributed by atoms with van der Waals surface area (Å²) < 4.78 is 0. The Labute approximate surface area is 64.6 Å². The molecule has 0 heterocycles. The Morgan fingerprint density at radius 1 is 1.60 bits per heavy atom. The molecule has 0 saturated carbocycles. The minimum absolute atomic E-state index is 0.669. The maximum atomic E-state index is 3.94. The predicted octanol–water partition coefficient (Wildman–Crippen LogP) is 3.55. The summed E-state index contributed by atoms with van der Waals surface area (Å²) in [4.78, 5) is 0. The van der Waals surface area contributed by atoms with Crippen LogP contribution in [-0.4, -0.2) is 0 Å². The van der Waals surface area contributed by atoms with Gasteiger partial charge in [0.05, 0.1) is 0 Å². The van der Waals surface area contributed by atoms with Crippen molar-refractivity contribution in [2.24, 2.45) is 5.92 Å². The van der Waals surface area contributed by atoms with Gasteiger partial charge < -0.3 is 0 Å². The molecule has 0 N–H and O–H groups in total. The Balaban J connectivity index is 3.71. The van der Waals surface area contributed by atoms with Gasteiger partial charge in [0.15, 0.2) is 0 Å². The lowest BCUT2D eigenvalue weighted by atomic mass is 9.93. The quantitative estimate of drug-likeness (QED) is 0.510. The predicted molar refractivity (Wildman–Crippen MR) is 48.0 cm³/mol. The monoisotopic (exact) mass is 138 g/mol. The van der Waals surface area contributed by atoms with Crippen LogP contribution in [0.15, 0.2) is 24.8 Å². The number of hydrogen-bond donors (Lipinski definition) is 0. The Morgan fingerprint density at radius 3 is 2.50 bits per heavy atom. The van der Waals surface area contributed by atoms with Crippen LogP contribution < -0.4 is 0 Å². The van der Waals surface area contributed by atoms with E-state index in [1.807, 2.05) is 6.08 Å². The van der Waals surface area contributed by atoms with E-state index in [1.165, 1.54) is 18.4 Å². The van der Waals surface area contributed by atoms with E-state index in [9.17, 15) is 0 Å². The van der Waals surface area contributed by atoms with Gasteiger partial charge in [-0.15, -0.1) is 6.58 Å². The molecule has 0 saturated heterocycles. The molecule has 0 amide bonds. The highest BCUT2D eigenvalue weighted by atomic mass is 14.1. The molecular formula is C10H18. The van der Waals surface area contributed by atoms with Crippen molar-refractivity contribution < 1.29 is 0 Å². The zero-order chi connectivity index (χ0) is 7.98. The smallest absolute Gasteiger partial charge is 0.0174 e. The molecule has 0 aliphatic carbocycles. The van der Waals surface area contributed by atoms with Crippen LogP contribution in [0.25, 0.3) is 0 Å². The Kier molecular flexibility index (Phi) is 5.00. The molecule has 0 aromatic heterocycles. The summed E-state index contributed by atoms with van der Waals surface area (Å²) in [5.74, 6) is 0.669. The van der Waals surface area contributed by atoms with Crippen LogP contribution in [-0.2, 0) is 0 Å². The Hall–Kier alpha value is -0.520. The third-order valence-corrected chi connectivity index (χ3v) is 1.79. The Morgan fingerprint density at radius 2 is 2.20 bits per heavy atom. The lowest BCUT2D eigenvalue weighted by molar-refractivity contribution is 0.560. The van der Waals surface area contributed by atoms with E-state index in [2.05, 4.69) is 27.0 Å². The average molecular weight is 138 g/mol. The molecule has 0 heteroatoms. The minimum atomic E-state index is 0.669. The van der Waals surface area contributed by atoms with Crippen molar-refractivity contribution in [2.75, 3.05) is 0 Å². The fourth-order valence-corrected chi connectivity index (χ4v) is 1.12. The second kappa shape index (κ2) is 5.28. The van der Waals surface area contributed by atoms with Gasteiger partial charge in [-0.25, -0.2) is 0 Å². The number of allylic oxidation sites excluding steroid dienone is 2. The molecule has 1 atom stereocenters. The summed E-state index contributed by atoms with van der Waals surface area (Å²) in [5, 5.41) is 0. The molecule has 0 fully saturated rings. The fraction of sp³-hybridized carbons (Fsp3) is 0.600. The molecule has 0 aliphatic heterocycles. The normalized spacial score (nSPS) is 12.6. The van der Waals surface area contributed by atoms with Crippen LogP contribution in [0.4, 0.5) is 0 Å². The minimum Gasteiger partial charge on any atom is -0.103 e. The van der Waals surface area contributed by atoms with Gasteiger partial charge in [0.25, 0.3) is 0 Å². The molecule has 0 radical (unpaired) electrons. The van der Waals surface area contributed by atoms with Gasteiger partial charge in [-0.05, 0) is 25.7 Å². The first-order chi connectivity index (χ1) is 4.72. The van der Waals surface area contributed by atoms with E-state index in [-0.39, 0.29) is 0 Å². The first kappa shape index (κ1) is 9.48. The van der Waals surface area contributed by atoms with Crippen molar-refractivity contribution in [1.29, 1.82) is 0 Å². The average Bonchev–Trinajstić information content (AvgIpc) is 1.87. The maximum absolute atomic E-state index is 3.94.